The van der Waals surface area contributed by atoms with Crippen molar-refractivity contribution in [3.05, 3.63) is 28.8 Å². The van der Waals surface area contributed by atoms with Crippen LogP contribution in [0.15, 0.2) is 18.2 Å². The van der Waals surface area contributed by atoms with Crippen molar-refractivity contribution >= 4 is 29.2 Å². The minimum Gasteiger partial charge on any atom is -0.339 e. The SMILES string of the molecule is Cc1cccc(Cl)c1NC(=O)NC[C@@H]1CC(=O)N(C2CC2)C1. The largest absolute Gasteiger partial charge is 0.339 e. The van der Waals surface area contributed by atoms with Crippen molar-refractivity contribution in [3.8, 4) is 0 Å². The molecule has 0 radical (unpaired) electrons. The molecule has 0 bridgehead atoms. The summed E-state index contributed by atoms with van der Waals surface area (Å²) in [7, 11) is 0. The Hall–Kier alpha value is -1.75. The third-order valence-corrected chi connectivity index (χ3v) is 4.55. The number of rotatable bonds is 4. The van der Waals surface area contributed by atoms with E-state index in [0.29, 0.717) is 29.7 Å². The number of likely N-dealkylation sites (tertiary alicyclic amines) is 1. The summed E-state index contributed by atoms with van der Waals surface area (Å²) < 4.78 is 0. The van der Waals surface area contributed by atoms with Gasteiger partial charge in [0.05, 0.1) is 10.7 Å². The molecule has 1 heterocycles. The second-order valence-electron chi connectivity index (χ2n) is 6.11. The molecule has 1 aliphatic carbocycles. The molecule has 3 rings (SSSR count). The predicted octanol–water partition coefficient (Wildman–Crippen LogP) is 2.78. The van der Waals surface area contributed by atoms with Crippen LogP contribution in [0.3, 0.4) is 0 Å². The van der Waals surface area contributed by atoms with Crippen LogP contribution in [-0.4, -0.2) is 36.0 Å². The number of urea groups is 1. The monoisotopic (exact) mass is 321 g/mol. The number of nitrogens with zero attached hydrogens (tertiary/aromatic N) is 1. The molecule has 6 heteroatoms. The van der Waals surface area contributed by atoms with Crippen LogP contribution in [0.25, 0.3) is 0 Å². The average molecular weight is 322 g/mol. The highest BCUT2D eigenvalue weighted by molar-refractivity contribution is 6.33. The van der Waals surface area contributed by atoms with E-state index >= 15 is 0 Å². The van der Waals surface area contributed by atoms with Gasteiger partial charge < -0.3 is 15.5 Å². The number of nitrogens with one attached hydrogen (secondary N) is 2. The van der Waals surface area contributed by atoms with Gasteiger partial charge in [-0.25, -0.2) is 4.79 Å². The van der Waals surface area contributed by atoms with E-state index in [9.17, 15) is 9.59 Å². The zero-order chi connectivity index (χ0) is 15.7. The fourth-order valence-corrected chi connectivity index (χ4v) is 3.14. The summed E-state index contributed by atoms with van der Waals surface area (Å²) >= 11 is 6.09. The highest BCUT2D eigenvalue weighted by atomic mass is 35.5. The van der Waals surface area contributed by atoms with Gasteiger partial charge in [-0.3, -0.25) is 4.79 Å². The van der Waals surface area contributed by atoms with E-state index in [0.717, 1.165) is 24.9 Å². The third-order valence-electron chi connectivity index (χ3n) is 4.24. The molecule has 2 aliphatic rings. The van der Waals surface area contributed by atoms with Gasteiger partial charge in [0.1, 0.15) is 0 Å². The van der Waals surface area contributed by atoms with E-state index in [2.05, 4.69) is 10.6 Å². The molecule has 2 fully saturated rings. The number of para-hydroxylation sites is 1. The molecule has 1 atom stereocenters. The lowest BCUT2D eigenvalue weighted by Crippen LogP contribution is -2.34. The van der Waals surface area contributed by atoms with Crippen LogP contribution in [-0.2, 0) is 4.79 Å². The molecule has 118 valence electrons. The van der Waals surface area contributed by atoms with Crippen molar-refractivity contribution in [1.82, 2.24) is 10.2 Å². The number of benzene rings is 1. The van der Waals surface area contributed by atoms with Crippen LogP contribution < -0.4 is 10.6 Å². The van der Waals surface area contributed by atoms with E-state index in [-0.39, 0.29) is 17.9 Å². The van der Waals surface area contributed by atoms with E-state index in [1.165, 1.54) is 0 Å². The molecule has 0 unspecified atom stereocenters. The summed E-state index contributed by atoms with van der Waals surface area (Å²) in [5, 5.41) is 6.14. The van der Waals surface area contributed by atoms with E-state index in [1.807, 2.05) is 24.0 Å². The molecule has 2 N–H and O–H groups in total. The van der Waals surface area contributed by atoms with Crippen LogP contribution in [0.2, 0.25) is 5.02 Å². The van der Waals surface area contributed by atoms with Gasteiger partial charge >= 0.3 is 6.03 Å². The number of carbonyl (C=O) groups is 2. The van der Waals surface area contributed by atoms with Gasteiger partial charge in [-0.05, 0) is 31.4 Å². The highest BCUT2D eigenvalue weighted by Gasteiger charge is 2.39. The van der Waals surface area contributed by atoms with Crippen LogP contribution >= 0.6 is 11.6 Å². The molecule has 1 saturated heterocycles. The second-order valence-corrected chi connectivity index (χ2v) is 6.52. The summed E-state index contributed by atoms with van der Waals surface area (Å²) in [6.45, 7) is 3.16. The number of carbonyl (C=O) groups excluding carboxylic acids is 2. The predicted molar refractivity (Wildman–Crippen MR) is 86.1 cm³/mol. The number of anilines is 1. The maximum atomic E-state index is 12.0. The quantitative estimate of drug-likeness (QED) is 0.895. The Morgan fingerprint density at radius 3 is 2.86 bits per heavy atom. The van der Waals surface area contributed by atoms with Crippen LogP contribution in [0.1, 0.15) is 24.8 Å². The first kappa shape index (κ1) is 15.2. The fraction of sp³-hybridized carbons (Fsp3) is 0.500. The lowest BCUT2D eigenvalue weighted by atomic mass is 10.1. The zero-order valence-electron chi connectivity index (χ0n) is 12.6. The van der Waals surface area contributed by atoms with Crippen LogP contribution in [0.4, 0.5) is 10.5 Å². The third kappa shape index (κ3) is 3.35. The molecule has 1 aromatic rings. The number of hydrogen-bond donors (Lipinski definition) is 2. The Bertz CT molecular complexity index is 581. The molecule has 0 spiro atoms. The van der Waals surface area contributed by atoms with Crippen molar-refractivity contribution in [1.29, 1.82) is 0 Å². The molecule has 3 amide bonds. The van der Waals surface area contributed by atoms with Gasteiger partial charge in [0, 0.05) is 31.5 Å². The fourth-order valence-electron chi connectivity index (χ4n) is 2.87. The molecular weight excluding hydrogens is 302 g/mol. The smallest absolute Gasteiger partial charge is 0.319 e. The molecule has 1 aliphatic heterocycles. The molecule has 1 saturated carbocycles. The standard InChI is InChI=1S/C16H20ClN3O2/c1-10-3-2-4-13(17)15(10)19-16(22)18-8-11-7-14(21)20(9-11)12-5-6-12/h2-4,11-12H,5-9H2,1H3,(H2,18,19,22)/t11-/m0/s1. The first-order valence-electron chi connectivity index (χ1n) is 7.64. The molecule has 1 aromatic carbocycles. The zero-order valence-corrected chi connectivity index (χ0v) is 13.3. The van der Waals surface area contributed by atoms with E-state index < -0.39 is 0 Å². The highest BCUT2D eigenvalue weighted by Crippen LogP contribution is 2.32. The summed E-state index contributed by atoms with van der Waals surface area (Å²) in [5.74, 6) is 0.419. The first-order chi connectivity index (χ1) is 10.5. The lowest BCUT2D eigenvalue weighted by Gasteiger charge is -2.16. The second kappa shape index (κ2) is 6.16. The minimum absolute atomic E-state index is 0.200. The molecule has 0 aromatic heterocycles. The topological polar surface area (TPSA) is 61.4 Å². The average Bonchev–Trinajstić information content (AvgIpc) is 3.24. The summed E-state index contributed by atoms with van der Waals surface area (Å²) in [5.41, 5.74) is 1.54. The van der Waals surface area contributed by atoms with Crippen LogP contribution in [0, 0.1) is 12.8 Å². The summed E-state index contributed by atoms with van der Waals surface area (Å²) in [4.78, 5) is 25.8. The van der Waals surface area contributed by atoms with Crippen molar-refractivity contribution in [3.63, 3.8) is 0 Å². The maximum Gasteiger partial charge on any atom is 0.319 e. The van der Waals surface area contributed by atoms with E-state index in [4.69, 9.17) is 11.6 Å². The summed E-state index contributed by atoms with van der Waals surface area (Å²) in [6, 6.07) is 5.65. The van der Waals surface area contributed by atoms with Gasteiger partial charge in [0.15, 0.2) is 0 Å². The van der Waals surface area contributed by atoms with Crippen LogP contribution in [0.5, 0.6) is 0 Å². The van der Waals surface area contributed by atoms with Gasteiger partial charge in [-0.1, -0.05) is 23.7 Å². The molecule has 22 heavy (non-hydrogen) atoms. The van der Waals surface area contributed by atoms with Gasteiger partial charge in [0.25, 0.3) is 0 Å². The number of amides is 3. The Morgan fingerprint density at radius 2 is 2.18 bits per heavy atom. The van der Waals surface area contributed by atoms with Crippen molar-refractivity contribution in [2.75, 3.05) is 18.4 Å². The van der Waals surface area contributed by atoms with Gasteiger partial charge in [0.2, 0.25) is 5.91 Å². The normalized spacial score (nSPS) is 21.1. The Morgan fingerprint density at radius 1 is 1.41 bits per heavy atom. The lowest BCUT2D eigenvalue weighted by molar-refractivity contribution is -0.128. The Balaban J connectivity index is 1.49. The Labute approximate surface area is 135 Å². The van der Waals surface area contributed by atoms with Crippen molar-refractivity contribution in [2.24, 2.45) is 5.92 Å². The number of halogens is 1. The maximum absolute atomic E-state index is 12.0. The molecular formula is C16H20ClN3O2. The number of hydrogen-bond acceptors (Lipinski definition) is 2. The molecule has 5 nitrogen and oxygen atoms in total. The summed E-state index contributed by atoms with van der Waals surface area (Å²) in [6.07, 6.45) is 2.78. The van der Waals surface area contributed by atoms with Crippen molar-refractivity contribution in [2.45, 2.75) is 32.2 Å². The van der Waals surface area contributed by atoms with Gasteiger partial charge in [-0.2, -0.15) is 0 Å². The number of aryl methyl sites for hydroxylation is 1. The van der Waals surface area contributed by atoms with Gasteiger partial charge in [-0.15, -0.1) is 0 Å². The van der Waals surface area contributed by atoms with Crippen molar-refractivity contribution < 1.29 is 9.59 Å². The van der Waals surface area contributed by atoms with E-state index in [1.54, 1.807) is 6.07 Å². The Kier molecular flexibility index (Phi) is 4.25. The minimum atomic E-state index is -0.284. The first-order valence-corrected chi connectivity index (χ1v) is 8.02.